The number of piperazine rings is 1. The van der Waals surface area contributed by atoms with Crippen molar-refractivity contribution < 1.29 is 19.4 Å². The van der Waals surface area contributed by atoms with Crippen molar-refractivity contribution in [2.75, 3.05) is 68.2 Å². The number of rotatable bonds is 7. The van der Waals surface area contributed by atoms with E-state index in [-0.39, 0.29) is 6.04 Å². The summed E-state index contributed by atoms with van der Waals surface area (Å²) in [4.78, 5) is 31.5. The largest absolute Gasteiger partial charge is 0.496 e. The Morgan fingerprint density at radius 2 is 1.68 bits per heavy atom. The molecular weight excluding hydrogens is 548 g/mol. The summed E-state index contributed by atoms with van der Waals surface area (Å²) in [6.45, 7) is 4.68. The van der Waals surface area contributed by atoms with Gasteiger partial charge >= 0.3 is 6.09 Å². The first-order chi connectivity index (χ1) is 19.9. The van der Waals surface area contributed by atoms with Gasteiger partial charge in [0, 0.05) is 75.0 Å². The molecule has 0 bridgehead atoms. The molecule has 1 aromatic carbocycles. The molecule has 1 unspecified atom stereocenters. The first-order valence-corrected chi connectivity index (χ1v) is 13.8. The van der Waals surface area contributed by atoms with Crippen molar-refractivity contribution in [1.82, 2.24) is 24.7 Å². The van der Waals surface area contributed by atoms with Gasteiger partial charge in [-0.1, -0.05) is 11.6 Å². The highest BCUT2D eigenvalue weighted by atomic mass is 35.5. The molecule has 2 N–H and O–H groups in total. The lowest BCUT2D eigenvalue weighted by Gasteiger charge is -2.37. The fourth-order valence-corrected chi connectivity index (χ4v) is 5.70. The molecule has 2 saturated heterocycles. The van der Waals surface area contributed by atoms with Crippen LogP contribution in [0.3, 0.4) is 0 Å². The predicted octanol–water partition coefficient (Wildman–Crippen LogP) is 3.63. The summed E-state index contributed by atoms with van der Waals surface area (Å²) in [5.41, 5.74) is 4.49. The standard InChI is InChI=1S/C28H31ClN8O4/c1-40-24-13-25(41-2)22(29)12-21(24)23-17-36-6-4-19(11-26(36)33-23)34-7-9-35(10-8-34)20-14-30-27(31-15-20)37-5-3-18(16-37)32-28(38)39/h4,6,11-15,17-18,32H,3,5,7-10,16H2,1-2H3,(H,38,39). The summed E-state index contributed by atoms with van der Waals surface area (Å²) < 4.78 is 12.9. The molecule has 12 nitrogen and oxygen atoms in total. The highest BCUT2D eigenvalue weighted by Gasteiger charge is 2.26. The molecular formula is C28H31ClN8O4. The first-order valence-electron chi connectivity index (χ1n) is 13.4. The molecule has 6 rings (SSSR count). The average molecular weight is 579 g/mol. The lowest BCUT2D eigenvalue weighted by atomic mass is 10.1. The van der Waals surface area contributed by atoms with E-state index >= 15 is 0 Å². The summed E-state index contributed by atoms with van der Waals surface area (Å²) in [6.07, 6.45) is 7.44. The normalized spacial score (nSPS) is 17.2. The van der Waals surface area contributed by atoms with Crippen LogP contribution in [-0.4, -0.2) is 90.1 Å². The van der Waals surface area contributed by atoms with Crippen LogP contribution >= 0.6 is 11.6 Å². The molecule has 3 aromatic heterocycles. The quantitative estimate of drug-likeness (QED) is 0.336. The molecule has 1 amide bonds. The van der Waals surface area contributed by atoms with E-state index < -0.39 is 6.09 Å². The molecule has 0 spiro atoms. The average Bonchev–Trinajstić information content (AvgIpc) is 3.63. The van der Waals surface area contributed by atoms with Gasteiger partial charge in [-0.3, -0.25) is 0 Å². The van der Waals surface area contributed by atoms with E-state index in [1.54, 1.807) is 20.3 Å². The molecule has 0 radical (unpaired) electrons. The Hall–Kier alpha value is -4.45. The zero-order chi connectivity index (χ0) is 28.5. The van der Waals surface area contributed by atoms with Crippen LogP contribution in [0.5, 0.6) is 11.5 Å². The van der Waals surface area contributed by atoms with Gasteiger partial charge in [0.1, 0.15) is 17.1 Å². The second-order valence-electron chi connectivity index (χ2n) is 10.1. The maximum atomic E-state index is 10.9. The number of benzene rings is 1. The van der Waals surface area contributed by atoms with Crippen LogP contribution in [0.4, 0.5) is 22.1 Å². The van der Waals surface area contributed by atoms with Crippen molar-refractivity contribution in [2.24, 2.45) is 0 Å². The second-order valence-corrected chi connectivity index (χ2v) is 10.5. The Balaban J connectivity index is 1.11. The highest BCUT2D eigenvalue weighted by Crippen LogP contribution is 2.38. The number of nitrogens with zero attached hydrogens (tertiary/aromatic N) is 7. The molecule has 4 aromatic rings. The molecule has 1 atom stereocenters. The molecule has 41 heavy (non-hydrogen) atoms. The highest BCUT2D eigenvalue weighted by molar-refractivity contribution is 6.32. The van der Waals surface area contributed by atoms with Crippen molar-refractivity contribution in [3.05, 3.63) is 54.1 Å². The molecule has 0 saturated carbocycles. The number of hydrogen-bond acceptors (Lipinski definition) is 9. The van der Waals surface area contributed by atoms with Crippen molar-refractivity contribution in [2.45, 2.75) is 12.5 Å². The third kappa shape index (κ3) is 5.47. The predicted molar refractivity (Wildman–Crippen MR) is 157 cm³/mol. The number of ether oxygens (including phenoxy) is 2. The molecule has 2 fully saturated rings. The Kier molecular flexibility index (Phi) is 7.31. The van der Waals surface area contributed by atoms with Gasteiger partial charge in [-0.2, -0.15) is 0 Å². The van der Waals surface area contributed by atoms with Crippen LogP contribution in [0, 0.1) is 0 Å². The van der Waals surface area contributed by atoms with Gasteiger partial charge in [-0.25, -0.2) is 19.7 Å². The molecule has 2 aliphatic rings. The van der Waals surface area contributed by atoms with E-state index in [1.807, 2.05) is 40.2 Å². The number of pyridine rings is 1. The molecule has 0 aliphatic carbocycles. The van der Waals surface area contributed by atoms with Gasteiger partial charge < -0.3 is 39.0 Å². The van der Waals surface area contributed by atoms with Crippen molar-refractivity contribution in [3.8, 4) is 22.8 Å². The van der Waals surface area contributed by atoms with E-state index in [0.29, 0.717) is 29.0 Å². The second kappa shape index (κ2) is 11.2. The molecule has 13 heteroatoms. The topological polar surface area (TPSA) is 121 Å². The Morgan fingerprint density at radius 3 is 2.37 bits per heavy atom. The Labute approximate surface area is 242 Å². The lowest BCUT2D eigenvalue weighted by Crippen LogP contribution is -2.46. The van der Waals surface area contributed by atoms with E-state index in [4.69, 9.17) is 31.2 Å². The number of carboxylic acid groups (broad SMARTS) is 1. The number of aromatic nitrogens is 4. The SMILES string of the molecule is COc1cc(OC)c(-c2cn3ccc(N4CCN(c5cnc(N6CCC(NC(=O)O)C6)nc5)CC4)cc3n2)cc1Cl. The number of nitrogens with one attached hydrogen (secondary N) is 1. The minimum atomic E-state index is -0.999. The zero-order valence-electron chi connectivity index (χ0n) is 22.8. The van der Waals surface area contributed by atoms with Crippen LogP contribution in [0.25, 0.3) is 16.9 Å². The number of imidazole rings is 1. The van der Waals surface area contributed by atoms with Crippen LogP contribution < -0.4 is 29.5 Å². The first kappa shape index (κ1) is 26.8. The lowest BCUT2D eigenvalue weighted by molar-refractivity contribution is 0.191. The van der Waals surface area contributed by atoms with Gasteiger partial charge in [0.15, 0.2) is 0 Å². The number of amides is 1. The maximum Gasteiger partial charge on any atom is 0.404 e. The smallest absolute Gasteiger partial charge is 0.404 e. The van der Waals surface area contributed by atoms with E-state index in [0.717, 1.165) is 67.4 Å². The third-order valence-corrected chi connectivity index (χ3v) is 7.92. The van der Waals surface area contributed by atoms with Gasteiger partial charge in [-0.05, 0) is 18.6 Å². The minimum Gasteiger partial charge on any atom is -0.496 e. The van der Waals surface area contributed by atoms with Crippen molar-refractivity contribution in [1.29, 1.82) is 0 Å². The van der Waals surface area contributed by atoms with Crippen LogP contribution in [-0.2, 0) is 0 Å². The third-order valence-electron chi connectivity index (χ3n) is 7.63. The van der Waals surface area contributed by atoms with E-state index in [9.17, 15) is 4.79 Å². The van der Waals surface area contributed by atoms with Crippen molar-refractivity contribution >= 4 is 40.7 Å². The summed E-state index contributed by atoms with van der Waals surface area (Å²) >= 11 is 6.39. The molecule has 214 valence electrons. The van der Waals surface area contributed by atoms with Gasteiger partial charge in [-0.15, -0.1) is 0 Å². The number of halogens is 1. The summed E-state index contributed by atoms with van der Waals surface area (Å²) in [5, 5.41) is 12.0. The van der Waals surface area contributed by atoms with Crippen LogP contribution in [0.1, 0.15) is 6.42 Å². The summed E-state index contributed by atoms with van der Waals surface area (Å²) in [6, 6.07) is 7.69. The van der Waals surface area contributed by atoms with Gasteiger partial charge in [0.2, 0.25) is 5.95 Å². The zero-order valence-corrected chi connectivity index (χ0v) is 23.6. The fourth-order valence-electron chi connectivity index (χ4n) is 5.46. The monoisotopic (exact) mass is 578 g/mol. The van der Waals surface area contributed by atoms with E-state index in [1.165, 1.54) is 0 Å². The maximum absolute atomic E-state index is 10.9. The summed E-state index contributed by atoms with van der Waals surface area (Å²) in [5.74, 6) is 1.82. The Morgan fingerprint density at radius 1 is 0.976 bits per heavy atom. The number of methoxy groups -OCH3 is 2. The number of fused-ring (bicyclic) bond motifs is 1. The van der Waals surface area contributed by atoms with Gasteiger partial charge in [0.25, 0.3) is 0 Å². The minimum absolute atomic E-state index is 0.0968. The fraction of sp³-hybridized carbons (Fsp3) is 0.357. The van der Waals surface area contributed by atoms with Crippen molar-refractivity contribution in [3.63, 3.8) is 0 Å². The van der Waals surface area contributed by atoms with E-state index in [2.05, 4.69) is 37.2 Å². The number of anilines is 3. The summed E-state index contributed by atoms with van der Waals surface area (Å²) in [7, 11) is 3.19. The molecule has 5 heterocycles. The Bertz CT molecular complexity index is 1550. The number of carbonyl (C=O) groups is 1. The molecule has 2 aliphatic heterocycles. The van der Waals surface area contributed by atoms with Crippen LogP contribution in [0.2, 0.25) is 5.02 Å². The van der Waals surface area contributed by atoms with Gasteiger partial charge in [0.05, 0.1) is 49.1 Å². The number of hydrogen-bond donors (Lipinski definition) is 2. The van der Waals surface area contributed by atoms with Crippen LogP contribution in [0.15, 0.2) is 49.1 Å².